The summed E-state index contributed by atoms with van der Waals surface area (Å²) in [6.45, 7) is 9.11. The highest BCUT2D eigenvalue weighted by molar-refractivity contribution is 6.33. The molecule has 0 atom stereocenters. The summed E-state index contributed by atoms with van der Waals surface area (Å²) in [7, 11) is 0. The largest absolute Gasteiger partial charge is 0.453 e. The molecule has 0 heterocycles. The molecule has 0 fully saturated rings. The van der Waals surface area contributed by atoms with Crippen LogP contribution >= 0.6 is 23.2 Å². The van der Waals surface area contributed by atoms with Gasteiger partial charge in [-0.3, -0.25) is 0 Å². The van der Waals surface area contributed by atoms with Crippen LogP contribution in [-0.2, 0) is 4.79 Å². The minimum absolute atomic E-state index is 0.328. The maximum atomic E-state index is 9.02. The number of nitrogens with zero attached hydrogens (tertiary/aromatic N) is 1. The normalized spacial score (nSPS) is 9.31. The van der Waals surface area contributed by atoms with Gasteiger partial charge in [-0.25, -0.2) is 0 Å². The number of halogens is 2. The zero-order chi connectivity index (χ0) is 20.1. The summed E-state index contributed by atoms with van der Waals surface area (Å²) in [5.41, 5.74) is 6.62. The Labute approximate surface area is 165 Å². The van der Waals surface area contributed by atoms with Crippen molar-refractivity contribution < 1.29 is 9.53 Å². The Hall–Kier alpha value is -2.06. The maximum Gasteiger partial charge on any atom is 0.163 e. The van der Waals surface area contributed by atoms with E-state index in [0.29, 0.717) is 27.1 Å². The average molecular weight is 395 g/mol. The number of carbonyl (C=O) groups is 1. The van der Waals surface area contributed by atoms with Gasteiger partial charge in [-0.15, -0.1) is 0 Å². The van der Waals surface area contributed by atoms with Gasteiger partial charge >= 0.3 is 0 Å². The Kier molecular flexibility index (Phi) is 12.1. The maximum absolute atomic E-state index is 9.02. The highest BCUT2D eigenvalue weighted by atomic mass is 35.5. The second-order valence-electron chi connectivity index (χ2n) is 5.74. The molecule has 0 radical (unpaired) electrons. The number of aryl methyl sites for hydroxylation is 1. The van der Waals surface area contributed by atoms with Crippen molar-refractivity contribution in [1.29, 1.82) is 5.26 Å². The molecular formula is C20H24Cl2N2O2. The monoisotopic (exact) mass is 394 g/mol. The van der Waals surface area contributed by atoms with E-state index in [0.717, 1.165) is 24.4 Å². The van der Waals surface area contributed by atoms with Gasteiger partial charge in [-0.2, -0.15) is 5.26 Å². The van der Waals surface area contributed by atoms with Crippen LogP contribution in [-0.4, -0.2) is 13.3 Å². The van der Waals surface area contributed by atoms with Gasteiger partial charge in [0.05, 0.1) is 15.6 Å². The lowest BCUT2D eigenvalue weighted by Crippen LogP contribution is -2.01. The first kappa shape index (κ1) is 23.9. The molecule has 0 aliphatic heterocycles. The molecule has 0 amide bonds. The van der Waals surface area contributed by atoms with Crippen LogP contribution in [0.25, 0.3) is 0 Å². The van der Waals surface area contributed by atoms with Gasteiger partial charge in [-0.05, 0) is 55.6 Å². The smallest absolute Gasteiger partial charge is 0.163 e. The Balaban J connectivity index is 0.000000667. The summed E-state index contributed by atoms with van der Waals surface area (Å²) in [6.07, 6.45) is 1.15. The van der Waals surface area contributed by atoms with Crippen molar-refractivity contribution in [2.75, 3.05) is 6.54 Å². The van der Waals surface area contributed by atoms with E-state index in [1.165, 1.54) is 0 Å². The Bertz CT molecular complexity index is 728. The zero-order valence-corrected chi connectivity index (χ0v) is 16.8. The molecular weight excluding hydrogens is 371 g/mol. The van der Waals surface area contributed by atoms with Gasteiger partial charge in [0.1, 0.15) is 18.6 Å². The Morgan fingerprint density at radius 2 is 1.85 bits per heavy atom. The van der Waals surface area contributed by atoms with E-state index in [4.69, 9.17) is 43.7 Å². The second kappa shape index (κ2) is 13.2. The molecule has 2 aromatic rings. The molecule has 0 saturated carbocycles. The van der Waals surface area contributed by atoms with Gasteiger partial charge < -0.3 is 15.3 Å². The van der Waals surface area contributed by atoms with Crippen molar-refractivity contribution in [3.8, 4) is 17.6 Å². The minimum atomic E-state index is 0.328. The van der Waals surface area contributed by atoms with Crippen LogP contribution in [0.15, 0.2) is 36.4 Å². The number of benzene rings is 2. The summed E-state index contributed by atoms with van der Waals surface area (Å²) in [5.74, 6) is 1.59. The number of nitrogens with two attached hydrogens (primary N) is 1. The van der Waals surface area contributed by atoms with Gasteiger partial charge in [0, 0.05) is 0 Å². The molecule has 0 aliphatic carbocycles. The molecule has 0 aromatic heterocycles. The van der Waals surface area contributed by atoms with Crippen molar-refractivity contribution in [2.24, 2.45) is 11.7 Å². The first-order valence-electron chi connectivity index (χ1n) is 8.00. The second-order valence-corrected chi connectivity index (χ2v) is 6.55. The van der Waals surface area contributed by atoms with E-state index < -0.39 is 0 Å². The van der Waals surface area contributed by atoms with Crippen molar-refractivity contribution in [2.45, 2.75) is 27.2 Å². The molecule has 0 aliphatic rings. The summed E-state index contributed by atoms with van der Waals surface area (Å²) < 4.78 is 5.66. The number of ether oxygens (including phenoxy) is 1. The first-order valence-corrected chi connectivity index (χ1v) is 8.76. The summed E-state index contributed by atoms with van der Waals surface area (Å²) in [5, 5.41) is 9.88. The van der Waals surface area contributed by atoms with Crippen LogP contribution in [0.5, 0.6) is 11.5 Å². The molecule has 0 saturated heterocycles. The van der Waals surface area contributed by atoms with Crippen molar-refractivity contribution in [3.05, 3.63) is 57.6 Å². The number of hydrogen-bond donors (Lipinski definition) is 1. The minimum Gasteiger partial charge on any atom is -0.453 e. The Morgan fingerprint density at radius 1 is 1.19 bits per heavy atom. The van der Waals surface area contributed by atoms with Crippen LogP contribution in [0.1, 0.15) is 31.4 Å². The van der Waals surface area contributed by atoms with E-state index >= 15 is 0 Å². The van der Waals surface area contributed by atoms with Crippen molar-refractivity contribution in [3.63, 3.8) is 0 Å². The molecule has 0 unspecified atom stereocenters. The lowest BCUT2D eigenvalue weighted by Gasteiger charge is -2.11. The van der Waals surface area contributed by atoms with E-state index in [-0.39, 0.29) is 0 Å². The fourth-order valence-corrected chi connectivity index (χ4v) is 2.20. The SMILES string of the molecule is C=O.CC(C)CCN.Cc1ccc(Cl)c(Oc2c(Cl)cccc2C#N)c1. The number of carbonyl (C=O) groups excluding carboxylic acids is 1. The Morgan fingerprint density at radius 3 is 2.35 bits per heavy atom. The average Bonchev–Trinajstić information content (AvgIpc) is 2.62. The third-order valence-corrected chi connectivity index (χ3v) is 3.74. The van der Waals surface area contributed by atoms with E-state index in [1.54, 1.807) is 30.3 Å². The molecule has 0 spiro atoms. The molecule has 26 heavy (non-hydrogen) atoms. The summed E-state index contributed by atoms with van der Waals surface area (Å²) in [4.78, 5) is 8.00. The highest BCUT2D eigenvalue weighted by Crippen LogP contribution is 2.36. The molecule has 0 bridgehead atoms. The third-order valence-electron chi connectivity index (χ3n) is 3.13. The topological polar surface area (TPSA) is 76.1 Å². The van der Waals surface area contributed by atoms with Crippen LogP contribution in [0.3, 0.4) is 0 Å². The summed E-state index contributed by atoms with van der Waals surface area (Å²) >= 11 is 12.1. The van der Waals surface area contributed by atoms with Gasteiger partial charge in [0.25, 0.3) is 0 Å². The third kappa shape index (κ3) is 8.35. The number of hydrogen-bond acceptors (Lipinski definition) is 4. The molecule has 2 aromatic carbocycles. The van der Waals surface area contributed by atoms with Crippen LogP contribution < -0.4 is 10.5 Å². The predicted octanol–water partition coefficient (Wildman–Crippen LogP) is 5.77. The van der Waals surface area contributed by atoms with E-state index in [2.05, 4.69) is 13.8 Å². The van der Waals surface area contributed by atoms with Crippen LogP contribution in [0, 0.1) is 24.2 Å². The quantitative estimate of drug-likeness (QED) is 0.713. The van der Waals surface area contributed by atoms with E-state index in [1.807, 2.05) is 25.8 Å². The molecule has 2 N–H and O–H groups in total. The first-order chi connectivity index (χ1) is 12.4. The predicted molar refractivity (Wildman–Crippen MR) is 108 cm³/mol. The van der Waals surface area contributed by atoms with Crippen molar-refractivity contribution in [1.82, 2.24) is 0 Å². The van der Waals surface area contributed by atoms with Crippen LogP contribution in [0.4, 0.5) is 0 Å². The zero-order valence-electron chi connectivity index (χ0n) is 15.3. The molecule has 4 nitrogen and oxygen atoms in total. The molecule has 2 rings (SSSR count). The highest BCUT2D eigenvalue weighted by Gasteiger charge is 2.11. The lowest BCUT2D eigenvalue weighted by molar-refractivity contribution is -0.0979. The van der Waals surface area contributed by atoms with Gasteiger partial charge in [0.2, 0.25) is 0 Å². The number of nitriles is 1. The summed E-state index contributed by atoms with van der Waals surface area (Å²) in [6, 6.07) is 12.5. The van der Waals surface area contributed by atoms with Gasteiger partial charge in [-0.1, -0.05) is 49.2 Å². The molecule has 140 valence electrons. The number of rotatable bonds is 4. The van der Waals surface area contributed by atoms with E-state index in [9.17, 15) is 0 Å². The standard InChI is InChI=1S/C14H9Cl2NO.C5H13N.CH2O/c1-9-5-6-11(15)13(7-9)18-14-10(8-17)3-2-4-12(14)16;1-5(2)3-4-6;1-2/h2-7H,1H3;5H,3-4,6H2,1-2H3;1H2. The van der Waals surface area contributed by atoms with Crippen molar-refractivity contribution >= 4 is 30.0 Å². The fraction of sp³-hybridized carbons (Fsp3) is 0.300. The van der Waals surface area contributed by atoms with Gasteiger partial charge in [0.15, 0.2) is 5.75 Å². The molecule has 6 heteroatoms. The lowest BCUT2D eigenvalue weighted by atomic mass is 10.1. The number of para-hydroxylation sites is 1. The fourth-order valence-electron chi connectivity index (χ4n) is 1.83. The van der Waals surface area contributed by atoms with Crippen LogP contribution in [0.2, 0.25) is 10.0 Å².